The Kier molecular flexibility index (Phi) is 6.77. The molecule has 0 amide bonds. The van der Waals surface area contributed by atoms with Crippen LogP contribution in [0.3, 0.4) is 0 Å². The van der Waals surface area contributed by atoms with E-state index in [4.69, 9.17) is 14.2 Å². The van der Waals surface area contributed by atoms with Crippen LogP contribution in [0.5, 0.6) is 0 Å². The van der Waals surface area contributed by atoms with Crippen molar-refractivity contribution in [2.45, 2.75) is 33.7 Å². The van der Waals surface area contributed by atoms with Crippen molar-refractivity contribution in [2.75, 3.05) is 19.8 Å². The molecule has 0 aliphatic heterocycles. The van der Waals surface area contributed by atoms with Gasteiger partial charge in [-0.3, -0.25) is 4.98 Å². The SMILES string of the molecule is CCOC(COCc1cccc(C)n1)OCC. The van der Waals surface area contributed by atoms with Gasteiger partial charge < -0.3 is 14.2 Å². The van der Waals surface area contributed by atoms with Crippen molar-refractivity contribution in [2.24, 2.45) is 0 Å². The highest BCUT2D eigenvalue weighted by molar-refractivity contribution is 5.08. The lowest BCUT2D eigenvalue weighted by Gasteiger charge is -2.16. The molecule has 4 nitrogen and oxygen atoms in total. The molecule has 4 heteroatoms. The summed E-state index contributed by atoms with van der Waals surface area (Å²) in [5.41, 5.74) is 1.93. The van der Waals surface area contributed by atoms with Crippen LogP contribution in [0.1, 0.15) is 25.2 Å². The largest absolute Gasteiger partial charge is 0.370 e. The summed E-state index contributed by atoms with van der Waals surface area (Å²) in [5.74, 6) is 0. The van der Waals surface area contributed by atoms with Gasteiger partial charge in [-0.05, 0) is 32.9 Å². The van der Waals surface area contributed by atoms with Crippen LogP contribution in [0.15, 0.2) is 18.2 Å². The molecule has 0 bridgehead atoms. The van der Waals surface area contributed by atoms with Gasteiger partial charge in [-0.25, -0.2) is 0 Å². The van der Waals surface area contributed by atoms with Gasteiger partial charge in [0.15, 0.2) is 6.29 Å². The third kappa shape index (κ3) is 5.77. The molecule has 1 rings (SSSR count). The summed E-state index contributed by atoms with van der Waals surface area (Å²) in [6, 6.07) is 5.89. The molecular formula is C13H21NO3. The lowest BCUT2D eigenvalue weighted by molar-refractivity contribution is -0.169. The topological polar surface area (TPSA) is 40.6 Å². The van der Waals surface area contributed by atoms with E-state index in [2.05, 4.69) is 4.98 Å². The van der Waals surface area contributed by atoms with E-state index in [1.165, 1.54) is 0 Å². The second-order valence-electron chi connectivity index (χ2n) is 3.63. The van der Waals surface area contributed by atoms with Crippen molar-refractivity contribution in [3.05, 3.63) is 29.6 Å². The maximum absolute atomic E-state index is 5.53. The van der Waals surface area contributed by atoms with Crippen molar-refractivity contribution >= 4 is 0 Å². The average Bonchev–Trinajstić information content (AvgIpc) is 2.30. The number of rotatable bonds is 8. The lowest BCUT2D eigenvalue weighted by atomic mass is 10.3. The molecule has 0 aliphatic rings. The van der Waals surface area contributed by atoms with Crippen molar-refractivity contribution in [3.8, 4) is 0 Å². The quantitative estimate of drug-likeness (QED) is 0.653. The third-order valence-electron chi connectivity index (χ3n) is 2.15. The molecule has 0 saturated carbocycles. The highest BCUT2D eigenvalue weighted by Crippen LogP contribution is 2.02. The molecule has 1 aromatic rings. The monoisotopic (exact) mass is 239 g/mol. The first-order chi connectivity index (χ1) is 8.26. The molecule has 0 aromatic carbocycles. The number of aromatic nitrogens is 1. The summed E-state index contributed by atoms with van der Waals surface area (Å²) in [7, 11) is 0. The van der Waals surface area contributed by atoms with Gasteiger partial charge in [0.1, 0.15) is 0 Å². The fraction of sp³-hybridized carbons (Fsp3) is 0.615. The molecule has 17 heavy (non-hydrogen) atoms. The van der Waals surface area contributed by atoms with Gasteiger partial charge in [0.25, 0.3) is 0 Å². The normalized spacial score (nSPS) is 11.1. The highest BCUT2D eigenvalue weighted by Gasteiger charge is 2.07. The number of pyridine rings is 1. The van der Waals surface area contributed by atoms with E-state index >= 15 is 0 Å². The van der Waals surface area contributed by atoms with E-state index < -0.39 is 0 Å². The maximum Gasteiger partial charge on any atom is 0.180 e. The van der Waals surface area contributed by atoms with Crippen LogP contribution in [0.2, 0.25) is 0 Å². The number of aryl methyl sites for hydroxylation is 1. The van der Waals surface area contributed by atoms with Crippen molar-refractivity contribution in [1.82, 2.24) is 4.98 Å². The molecule has 0 unspecified atom stereocenters. The first-order valence-electron chi connectivity index (χ1n) is 5.99. The second kappa shape index (κ2) is 8.17. The third-order valence-corrected chi connectivity index (χ3v) is 2.15. The zero-order valence-corrected chi connectivity index (χ0v) is 10.8. The maximum atomic E-state index is 5.53. The predicted molar refractivity (Wildman–Crippen MR) is 65.7 cm³/mol. The van der Waals surface area contributed by atoms with Crippen LogP contribution in [-0.2, 0) is 20.8 Å². The molecular weight excluding hydrogens is 218 g/mol. The first-order valence-corrected chi connectivity index (χ1v) is 5.99. The number of nitrogens with zero attached hydrogens (tertiary/aromatic N) is 1. The van der Waals surface area contributed by atoms with Crippen LogP contribution < -0.4 is 0 Å². The smallest absolute Gasteiger partial charge is 0.180 e. The molecule has 96 valence electrons. The molecule has 0 aliphatic carbocycles. The zero-order valence-electron chi connectivity index (χ0n) is 10.8. The molecule has 0 N–H and O–H groups in total. The van der Waals surface area contributed by atoms with Crippen LogP contribution >= 0.6 is 0 Å². The van der Waals surface area contributed by atoms with E-state index in [-0.39, 0.29) is 6.29 Å². The van der Waals surface area contributed by atoms with Gasteiger partial charge in [0, 0.05) is 18.9 Å². The Labute approximate surface area is 103 Å². The summed E-state index contributed by atoms with van der Waals surface area (Å²) >= 11 is 0. The van der Waals surface area contributed by atoms with Crippen LogP contribution in [0.25, 0.3) is 0 Å². The van der Waals surface area contributed by atoms with Gasteiger partial charge in [0.05, 0.1) is 18.9 Å². The molecule has 0 saturated heterocycles. The van der Waals surface area contributed by atoms with Gasteiger partial charge >= 0.3 is 0 Å². The summed E-state index contributed by atoms with van der Waals surface area (Å²) in [6.07, 6.45) is -0.283. The van der Waals surface area contributed by atoms with Crippen LogP contribution in [0, 0.1) is 6.92 Å². The molecule has 1 aromatic heterocycles. The predicted octanol–water partition coefficient (Wildman–Crippen LogP) is 2.31. The number of hydrogen-bond acceptors (Lipinski definition) is 4. The zero-order chi connectivity index (χ0) is 12.5. The Bertz CT molecular complexity index is 311. The van der Waals surface area contributed by atoms with Crippen molar-refractivity contribution in [1.29, 1.82) is 0 Å². The summed E-state index contributed by atoms with van der Waals surface area (Å²) in [6.45, 7) is 8.00. The van der Waals surface area contributed by atoms with E-state index in [0.29, 0.717) is 26.4 Å². The van der Waals surface area contributed by atoms with E-state index in [1.54, 1.807) is 0 Å². The number of hydrogen-bond donors (Lipinski definition) is 0. The Morgan fingerprint density at radius 2 is 1.88 bits per heavy atom. The van der Waals surface area contributed by atoms with Crippen LogP contribution in [0.4, 0.5) is 0 Å². The standard InChI is InChI=1S/C13H21NO3/c1-4-16-13(17-5-2)10-15-9-12-8-6-7-11(3)14-12/h6-8,13H,4-5,9-10H2,1-3H3. The molecule has 1 heterocycles. The Morgan fingerprint density at radius 1 is 1.18 bits per heavy atom. The minimum atomic E-state index is -0.283. The molecule has 0 fully saturated rings. The average molecular weight is 239 g/mol. The Hall–Kier alpha value is -0.970. The summed E-state index contributed by atoms with van der Waals surface area (Å²) < 4.78 is 16.3. The molecule has 0 spiro atoms. The minimum Gasteiger partial charge on any atom is -0.370 e. The van der Waals surface area contributed by atoms with Crippen molar-refractivity contribution < 1.29 is 14.2 Å². The summed E-state index contributed by atoms with van der Waals surface area (Å²) in [4.78, 5) is 4.36. The Balaban J connectivity index is 2.30. The molecule has 0 atom stereocenters. The van der Waals surface area contributed by atoms with E-state index in [9.17, 15) is 0 Å². The summed E-state index contributed by atoms with van der Waals surface area (Å²) in [5, 5.41) is 0. The van der Waals surface area contributed by atoms with Gasteiger partial charge in [-0.15, -0.1) is 0 Å². The van der Waals surface area contributed by atoms with E-state index in [0.717, 1.165) is 11.4 Å². The lowest BCUT2D eigenvalue weighted by Crippen LogP contribution is -2.23. The minimum absolute atomic E-state index is 0.283. The Morgan fingerprint density at radius 3 is 2.47 bits per heavy atom. The van der Waals surface area contributed by atoms with Gasteiger partial charge in [0.2, 0.25) is 0 Å². The van der Waals surface area contributed by atoms with Gasteiger partial charge in [-0.1, -0.05) is 6.07 Å². The first kappa shape index (κ1) is 14.1. The fourth-order valence-electron chi connectivity index (χ4n) is 1.46. The van der Waals surface area contributed by atoms with Crippen molar-refractivity contribution in [3.63, 3.8) is 0 Å². The molecule has 0 radical (unpaired) electrons. The van der Waals surface area contributed by atoms with Crippen LogP contribution in [-0.4, -0.2) is 31.1 Å². The number of ether oxygens (including phenoxy) is 3. The second-order valence-corrected chi connectivity index (χ2v) is 3.63. The van der Waals surface area contributed by atoms with Gasteiger partial charge in [-0.2, -0.15) is 0 Å². The highest BCUT2D eigenvalue weighted by atomic mass is 16.7. The van der Waals surface area contributed by atoms with E-state index in [1.807, 2.05) is 39.0 Å². The fourth-order valence-corrected chi connectivity index (χ4v) is 1.46.